The maximum atomic E-state index is 13.0. The largest absolute Gasteiger partial charge is 0.421 e. The molecule has 0 bridgehead atoms. The molecule has 1 amide bonds. The van der Waals surface area contributed by atoms with Crippen LogP contribution in [0.25, 0.3) is 10.9 Å². The maximum absolute atomic E-state index is 13.0. The van der Waals surface area contributed by atoms with Crippen LogP contribution in [0, 0.1) is 0 Å². The van der Waals surface area contributed by atoms with E-state index in [9.17, 15) is 18.0 Å². The fraction of sp³-hybridized carbons (Fsp3) is 0.381. The standard InChI is InChI=1S/C17H16ClF3N6O.2C2H6/c1-22-14-10(17(19,20)21)6-24-16(26-14)25-12-5-13-8(4-11(12)18)9(7-27(13)3)15(28)23-2;2*1-2/h4-7H,1-3H3,(H,23,28)(H2,22,24,25,26);2*1-2H3. The van der Waals surface area contributed by atoms with Crippen LogP contribution in [0.2, 0.25) is 5.02 Å². The average Bonchev–Trinajstić information content (AvgIpc) is 3.10. The van der Waals surface area contributed by atoms with Gasteiger partial charge in [0.05, 0.1) is 21.8 Å². The van der Waals surface area contributed by atoms with E-state index in [0.717, 1.165) is 0 Å². The molecule has 1 aromatic carbocycles. The van der Waals surface area contributed by atoms with E-state index in [1.807, 2.05) is 27.7 Å². The third-order valence-electron chi connectivity index (χ3n) is 4.13. The lowest BCUT2D eigenvalue weighted by atomic mass is 10.1. The molecule has 3 aromatic rings. The number of rotatable bonds is 4. The Kier molecular flexibility index (Phi) is 9.77. The third-order valence-corrected chi connectivity index (χ3v) is 4.44. The van der Waals surface area contributed by atoms with Gasteiger partial charge in [0, 0.05) is 38.9 Å². The topological polar surface area (TPSA) is 83.9 Å². The number of benzene rings is 1. The van der Waals surface area contributed by atoms with Crippen molar-refractivity contribution in [2.24, 2.45) is 7.05 Å². The number of alkyl halides is 3. The first-order valence-electron chi connectivity index (χ1n) is 10.1. The van der Waals surface area contributed by atoms with Crippen molar-refractivity contribution in [3.05, 3.63) is 40.7 Å². The number of aryl methyl sites for hydroxylation is 1. The fourth-order valence-electron chi connectivity index (χ4n) is 2.77. The summed E-state index contributed by atoms with van der Waals surface area (Å²) in [6, 6.07) is 3.27. The Balaban J connectivity index is 0.00000121. The molecule has 0 fully saturated rings. The number of hydrogen-bond acceptors (Lipinski definition) is 5. The molecule has 0 saturated heterocycles. The molecule has 2 heterocycles. The van der Waals surface area contributed by atoms with Crippen LogP contribution in [0.5, 0.6) is 0 Å². The van der Waals surface area contributed by atoms with Crippen molar-refractivity contribution in [1.29, 1.82) is 0 Å². The zero-order chi connectivity index (χ0) is 24.6. The van der Waals surface area contributed by atoms with Crippen molar-refractivity contribution in [3.8, 4) is 0 Å². The van der Waals surface area contributed by atoms with Crippen molar-refractivity contribution in [1.82, 2.24) is 19.9 Å². The Hall–Kier alpha value is -3.01. The van der Waals surface area contributed by atoms with E-state index in [4.69, 9.17) is 11.6 Å². The van der Waals surface area contributed by atoms with Gasteiger partial charge in [-0.1, -0.05) is 39.3 Å². The van der Waals surface area contributed by atoms with Gasteiger partial charge in [-0.2, -0.15) is 18.2 Å². The average molecular weight is 473 g/mol. The van der Waals surface area contributed by atoms with E-state index in [-0.39, 0.29) is 22.7 Å². The summed E-state index contributed by atoms with van der Waals surface area (Å²) < 4.78 is 40.7. The van der Waals surface area contributed by atoms with Gasteiger partial charge in [0.2, 0.25) is 5.95 Å². The Bertz CT molecular complexity index is 1070. The highest BCUT2D eigenvalue weighted by molar-refractivity contribution is 6.34. The first-order valence-corrected chi connectivity index (χ1v) is 10.4. The van der Waals surface area contributed by atoms with E-state index in [1.54, 1.807) is 29.9 Å². The summed E-state index contributed by atoms with van der Waals surface area (Å²) in [6.45, 7) is 8.00. The molecular formula is C21H28ClF3N6O. The van der Waals surface area contributed by atoms with E-state index in [0.29, 0.717) is 28.4 Å². The molecule has 3 N–H and O–H groups in total. The molecule has 0 radical (unpaired) electrons. The number of hydrogen-bond donors (Lipinski definition) is 3. The number of aromatic nitrogens is 3. The monoisotopic (exact) mass is 472 g/mol. The highest BCUT2D eigenvalue weighted by Gasteiger charge is 2.35. The number of carbonyl (C=O) groups excluding carboxylic acids is 1. The molecule has 32 heavy (non-hydrogen) atoms. The molecule has 0 aliphatic rings. The highest BCUT2D eigenvalue weighted by atomic mass is 35.5. The van der Waals surface area contributed by atoms with Crippen molar-refractivity contribution < 1.29 is 18.0 Å². The molecule has 0 unspecified atom stereocenters. The number of nitrogens with zero attached hydrogens (tertiary/aromatic N) is 3. The Morgan fingerprint density at radius 3 is 2.28 bits per heavy atom. The van der Waals surface area contributed by atoms with Gasteiger partial charge in [-0.05, 0) is 12.1 Å². The summed E-state index contributed by atoms with van der Waals surface area (Å²) in [5.74, 6) is -0.672. The first kappa shape index (κ1) is 27.0. The number of anilines is 3. The summed E-state index contributed by atoms with van der Waals surface area (Å²) >= 11 is 6.31. The van der Waals surface area contributed by atoms with Gasteiger partial charge >= 0.3 is 6.18 Å². The number of fused-ring (bicyclic) bond motifs is 1. The first-order chi connectivity index (χ1) is 15.2. The Morgan fingerprint density at radius 2 is 1.75 bits per heavy atom. The van der Waals surface area contributed by atoms with E-state index < -0.39 is 11.7 Å². The minimum absolute atomic E-state index is 0.0562. The molecule has 11 heteroatoms. The van der Waals surface area contributed by atoms with Crippen LogP contribution in [0.15, 0.2) is 24.5 Å². The molecule has 0 aliphatic heterocycles. The van der Waals surface area contributed by atoms with Gasteiger partial charge in [-0.25, -0.2) is 4.98 Å². The quantitative estimate of drug-likeness (QED) is 0.444. The SMILES string of the molecule is CC.CC.CNC(=O)c1cn(C)c2cc(Nc3ncc(C(F)(F)F)c(NC)n3)c(Cl)cc12. The zero-order valence-electron chi connectivity index (χ0n) is 19.1. The Labute approximate surface area is 190 Å². The van der Waals surface area contributed by atoms with Crippen LogP contribution in [0.4, 0.5) is 30.6 Å². The van der Waals surface area contributed by atoms with E-state index in [2.05, 4.69) is 25.9 Å². The van der Waals surface area contributed by atoms with Crippen molar-refractivity contribution in [2.75, 3.05) is 24.7 Å². The van der Waals surface area contributed by atoms with Crippen LogP contribution in [0.1, 0.15) is 43.6 Å². The van der Waals surface area contributed by atoms with Gasteiger partial charge in [0.1, 0.15) is 11.4 Å². The molecule has 3 rings (SSSR count). The van der Waals surface area contributed by atoms with Crippen LogP contribution >= 0.6 is 11.6 Å². The van der Waals surface area contributed by atoms with Crippen molar-refractivity contribution in [3.63, 3.8) is 0 Å². The minimum Gasteiger partial charge on any atom is -0.372 e. The normalized spacial score (nSPS) is 10.5. The van der Waals surface area contributed by atoms with Gasteiger partial charge in [-0.15, -0.1) is 0 Å². The summed E-state index contributed by atoms with van der Waals surface area (Å²) in [5, 5.41) is 8.70. The molecular weight excluding hydrogens is 445 g/mol. The van der Waals surface area contributed by atoms with Crippen LogP contribution in [-0.4, -0.2) is 34.5 Å². The van der Waals surface area contributed by atoms with Crippen molar-refractivity contribution in [2.45, 2.75) is 33.9 Å². The molecule has 176 valence electrons. The lowest BCUT2D eigenvalue weighted by Gasteiger charge is -2.13. The summed E-state index contributed by atoms with van der Waals surface area (Å²) in [5.41, 5.74) is 0.573. The molecule has 0 atom stereocenters. The predicted molar refractivity (Wildman–Crippen MR) is 124 cm³/mol. The second-order valence-corrected chi connectivity index (χ2v) is 6.32. The zero-order valence-corrected chi connectivity index (χ0v) is 19.8. The van der Waals surface area contributed by atoms with Crippen LogP contribution in [0.3, 0.4) is 0 Å². The molecule has 0 spiro atoms. The highest BCUT2D eigenvalue weighted by Crippen LogP contribution is 2.35. The van der Waals surface area contributed by atoms with E-state index >= 15 is 0 Å². The van der Waals surface area contributed by atoms with Crippen molar-refractivity contribution >= 4 is 45.9 Å². The van der Waals surface area contributed by atoms with Gasteiger partial charge in [0.15, 0.2) is 0 Å². The van der Waals surface area contributed by atoms with Gasteiger partial charge in [-0.3, -0.25) is 4.79 Å². The Morgan fingerprint density at radius 1 is 1.12 bits per heavy atom. The summed E-state index contributed by atoms with van der Waals surface area (Å²) in [4.78, 5) is 19.6. The van der Waals surface area contributed by atoms with Gasteiger partial charge < -0.3 is 20.5 Å². The molecule has 2 aromatic heterocycles. The van der Waals surface area contributed by atoms with Gasteiger partial charge in [0.25, 0.3) is 5.91 Å². The molecule has 7 nitrogen and oxygen atoms in total. The lowest BCUT2D eigenvalue weighted by molar-refractivity contribution is -0.137. The molecule has 0 saturated carbocycles. The predicted octanol–water partition coefficient (Wildman–Crippen LogP) is 5.84. The second-order valence-electron chi connectivity index (χ2n) is 5.91. The number of carbonyl (C=O) groups is 1. The van der Waals surface area contributed by atoms with Crippen LogP contribution < -0.4 is 16.0 Å². The summed E-state index contributed by atoms with van der Waals surface area (Å²) in [7, 11) is 4.63. The fourth-order valence-corrected chi connectivity index (χ4v) is 2.98. The number of halogens is 4. The lowest BCUT2D eigenvalue weighted by Crippen LogP contribution is -2.17. The second kappa shape index (κ2) is 11.6. The number of nitrogens with one attached hydrogen (secondary N) is 3. The maximum Gasteiger partial charge on any atom is 0.421 e. The minimum atomic E-state index is -4.58. The third kappa shape index (κ3) is 5.82. The van der Waals surface area contributed by atoms with Crippen LogP contribution in [-0.2, 0) is 13.2 Å². The smallest absolute Gasteiger partial charge is 0.372 e. The van der Waals surface area contributed by atoms with E-state index in [1.165, 1.54) is 14.1 Å². The summed E-state index contributed by atoms with van der Waals surface area (Å²) in [6.07, 6.45) is -2.22. The number of amides is 1. The molecule has 0 aliphatic carbocycles.